The number of hydrogen-bond donors (Lipinski definition) is 5. The molecule has 720 valence electrons. The maximum absolute atomic E-state index is 13.5. The summed E-state index contributed by atoms with van der Waals surface area (Å²) in [6.07, 6.45) is 5.65. The molecule has 5 fully saturated rings. The van der Waals surface area contributed by atoms with Gasteiger partial charge in [-0.2, -0.15) is 0 Å². The second-order valence-corrected chi connectivity index (χ2v) is 38.9. The zero-order valence-electron chi connectivity index (χ0n) is 78.8. The lowest BCUT2D eigenvalue weighted by Crippen LogP contribution is -2.44. The van der Waals surface area contributed by atoms with Gasteiger partial charge in [-0.15, -0.1) is 6.58 Å². The van der Waals surface area contributed by atoms with Crippen LogP contribution < -0.4 is 14.2 Å². The van der Waals surface area contributed by atoms with E-state index >= 15 is 0 Å². The van der Waals surface area contributed by atoms with E-state index < -0.39 is 0 Å². The monoisotopic (exact) mass is 2010 g/mol. The molecule has 0 bridgehead atoms. The van der Waals surface area contributed by atoms with Gasteiger partial charge in [0.15, 0.2) is 25.6 Å². The van der Waals surface area contributed by atoms with Crippen LogP contribution in [0.1, 0.15) is 121 Å². The highest BCUT2D eigenvalue weighted by Crippen LogP contribution is 2.52. The largest absolute Gasteiger partial charge is 0.497 e. The lowest BCUT2D eigenvalue weighted by Gasteiger charge is -2.37. The summed E-state index contributed by atoms with van der Waals surface area (Å²) in [5.74, 6) is 2.33. The summed E-state index contributed by atoms with van der Waals surface area (Å²) >= 11 is 34.9. The fourth-order valence-corrected chi connectivity index (χ4v) is 24.6. The van der Waals surface area contributed by atoms with E-state index in [0.717, 1.165) is 124 Å². The van der Waals surface area contributed by atoms with E-state index in [-0.39, 0.29) is 95.8 Å². The number of thiocarbonyl (C=S) groups is 5. The number of carbonyl (C=O) groups excluding carboxylic acids is 5. The number of para-hydroxylation sites is 5. The standard InChI is InChI=1S/C24H25N3O3S.C23H23N3O3S.C23H21N3O2S.C20H16ClN3OS.C20H16FN3OS/c1-29-13-5-12-26-23(28)20-14-18-17-6-3-4-7-19(17)25-21(18)22(27(20)24(26)31)15-8-10-16(30-2)11-9-15;1-28-12-11-25-22(27)19-13-17-16-5-3-4-6-18(16)24-20(17)21(26(19)23(25)30)14-7-9-15(29-2)10-8-14;1-3-11-25-22(27)19-13-17-16-9-4-5-10-18(16)24-20(17)21(26(19)23(25)29)14-7-6-8-15(12-14)28-2;1-23-19(25)16-10-14-13-7-2-3-8-15(13)22-17(14)18(24(16)20(23)26)11-5-4-6-12(21)9-11;1-23-19(25)16-10-14-13-4-2-3-5-15(13)22-17(14)18(24(16)20(23)26)11-6-8-12(21)9-7-11/h3-4,6-11,20,22,25H,5,12-14H2,1-2H3;3-10,19,21,24H,11-13H2,1-2H3;3-10,12,19,21,24H,1,11,13H2,2H3;2*2-9,16,18,22H,10H2,1H3. The molecule has 5 saturated heterocycles. The van der Waals surface area contributed by atoms with Crippen LogP contribution in [0, 0.1) is 5.82 Å². The molecule has 0 spiro atoms. The number of fused-ring (bicyclic) bond motifs is 20. The second-order valence-electron chi connectivity index (χ2n) is 36.7. The quantitative estimate of drug-likeness (QED) is 0.0323. The van der Waals surface area contributed by atoms with Gasteiger partial charge in [-0.1, -0.05) is 169 Å². The van der Waals surface area contributed by atoms with E-state index in [1.54, 1.807) is 92.4 Å². The van der Waals surface area contributed by atoms with Crippen LogP contribution in [0.4, 0.5) is 4.39 Å². The number of aromatic amines is 5. The Morgan fingerprint density at radius 3 is 0.993 bits per heavy atom. The predicted octanol–water partition coefficient (Wildman–Crippen LogP) is 18.0. The molecule has 15 aromatic rings. The SMILES string of the molecule is C=CCN1C(=O)C2Cc3c([nH]c4ccccc34)C(c3cccc(OC)c3)N2C1=S.CN1C(=O)C2Cc3c([nH]c4ccccc34)C(c3ccc(F)cc3)N2C1=S.CN1C(=O)C2Cc3c([nH]c4ccccc34)C(c3cccc(Cl)c3)N2C1=S.COCCCN1C(=O)C2Cc3c([nH]c4ccccc34)C(c3ccc(OC)cc3)N2C1=S.COCCN1C(=O)C2Cc3c([nH]c4ccccc34)C(c3ccc(OC)cc3)N2C1=S. The Hall–Kier alpha value is -14.0. The van der Waals surface area contributed by atoms with E-state index in [1.807, 2.05) is 150 Å². The minimum absolute atomic E-state index is 0.0121. The summed E-state index contributed by atoms with van der Waals surface area (Å²) in [7, 11) is 11.8. The summed E-state index contributed by atoms with van der Waals surface area (Å²) in [6.45, 7) is 6.29. The number of aromatic nitrogens is 5. The van der Waals surface area contributed by atoms with Gasteiger partial charge in [0.25, 0.3) is 29.5 Å². The number of H-pyrrole nitrogens is 5. The molecule has 5 N–H and O–H groups in total. The first-order valence-corrected chi connectivity index (χ1v) is 49.5. The van der Waals surface area contributed by atoms with Crippen LogP contribution in [-0.4, -0.2) is 242 Å². The average molecular weight is 2010 g/mol. The van der Waals surface area contributed by atoms with Crippen LogP contribution in [-0.2, 0) is 65.6 Å². The summed E-state index contributed by atoms with van der Waals surface area (Å²) in [4.78, 5) is 102. The normalized spacial score (nSPS) is 21.1. The number of nitrogens with zero attached hydrogens (tertiary/aromatic N) is 10. The number of halogens is 2. The third kappa shape index (κ3) is 16.2. The summed E-state index contributed by atoms with van der Waals surface area (Å²) in [5.41, 5.74) is 21.8. The van der Waals surface area contributed by atoms with Crippen LogP contribution >= 0.6 is 72.7 Å². The number of likely N-dealkylation sites (N-methyl/N-ethyl adjacent to an activating group) is 2. The molecule has 10 atom stereocenters. The number of benzene rings is 10. The molecule has 10 unspecified atom stereocenters. The van der Waals surface area contributed by atoms with Gasteiger partial charge in [-0.05, 0) is 214 Å². The van der Waals surface area contributed by atoms with Crippen molar-refractivity contribution >= 4 is 182 Å². The molecule has 5 amide bonds. The van der Waals surface area contributed by atoms with Gasteiger partial charge in [-0.25, -0.2) is 4.39 Å². The maximum Gasteiger partial charge on any atom is 0.252 e. The number of amides is 5. The average Bonchev–Trinajstić information content (AvgIpc) is 1.57. The van der Waals surface area contributed by atoms with Gasteiger partial charge in [0.1, 0.15) is 53.3 Å². The van der Waals surface area contributed by atoms with Crippen molar-refractivity contribution in [3.8, 4) is 17.2 Å². The maximum atomic E-state index is 13.5. The number of carbonyl (C=O) groups is 5. The Morgan fingerprint density at radius 2 is 0.648 bits per heavy atom. The fourth-order valence-electron chi connectivity index (χ4n) is 22.5. The van der Waals surface area contributed by atoms with Gasteiger partial charge < -0.3 is 73.1 Å². The smallest absolute Gasteiger partial charge is 0.252 e. The lowest BCUT2D eigenvalue weighted by atomic mass is 9.89. The van der Waals surface area contributed by atoms with E-state index in [1.165, 1.54) is 50.5 Å². The van der Waals surface area contributed by atoms with Gasteiger partial charge in [0, 0.05) is 168 Å². The Morgan fingerprint density at radius 1 is 0.345 bits per heavy atom. The molecular weight excluding hydrogens is 1910 g/mol. The van der Waals surface area contributed by atoms with Crippen molar-refractivity contribution in [3.63, 3.8) is 0 Å². The van der Waals surface area contributed by atoms with Crippen LogP contribution in [0.15, 0.2) is 255 Å². The minimum Gasteiger partial charge on any atom is -0.497 e. The van der Waals surface area contributed by atoms with Crippen molar-refractivity contribution in [1.82, 2.24) is 73.9 Å². The molecule has 10 aliphatic rings. The van der Waals surface area contributed by atoms with Crippen molar-refractivity contribution in [1.29, 1.82) is 0 Å². The number of methoxy groups -OCH3 is 5. The molecule has 25 rings (SSSR count). The first kappa shape index (κ1) is 94.2. The Kier molecular flexibility index (Phi) is 25.7. The lowest BCUT2D eigenvalue weighted by molar-refractivity contribution is -0.129. The van der Waals surface area contributed by atoms with Crippen molar-refractivity contribution in [2.45, 2.75) is 98.9 Å². The van der Waals surface area contributed by atoms with E-state index in [2.05, 4.69) is 124 Å². The Balaban J connectivity index is 0.000000105. The molecule has 5 aromatic heterocycles. The Bertz CT molecular complexity index is 7610. The first-order chi connectivity index (χ1) is 69.0. The highest BCUT2D eigenvalue weighted by Gasteiger charge is 2.56. The van der Waals surface area contributed by atoms with Crippen LogP contribution in [0.5, 0.6) is 17.2 Å². The van der Waals surface area contributed by atoms with E-state index in [4.69, 9.17) is 96.4 Å². The number of hydrogen-bond acceptors (Lipinski definition) is 15. The topological polar surface area (TPSA) is 243 Å². The number of nitrogens with one attached hydrogen (secondary N) is 5. The minimum atomic E-state index is -0.325. The number of rotatable bonds is 17. The molecule has 10 aromatic carbocycles. The van der Waals surface area contributed by atoms with Crippen LogP contribution in [0.25, 0.3) is 54.5 Å². The van der Waals surface area contributed by atoms with Gasteiger partial charge in [0.2, 0.25) is 0 Å². The fraction of sp³-hybridized carbons (Fsp3) is 0.255. The molecule has 0 aliphatic carbocycles. The van der Waals surface area contributed by atoms with Gasteiger partial charge in [-0.3, -0.25) is 48.5 Å². The van der Waals surface area contributed by atoms with Gasteiger partial charge in [0.05, 0.1) is 64.7 Å². The van der Waals surface area contributed by atoms with Gasteiger partial charge >= 0.3 is 0 Å². The third-order valence-electron chi connectivity index (χ3n) is 29.1. The number of ether oxygens (including phenoxy) is 5. The molecule has 0 saturated carbocycles. The molecule has 32 heteroatoms. The highest BCUT2D eigenvalue weighted by atomic mass is 35.5. The molecule has 25 nitrogen and oxygen atoms in total. The molecular formula is C110H101ClFN15O10S5. The zero-order chi connectivity index (χ0) is 98.5. The Labute approximate surface area is 851 Å². The van der Waals surface area contributed by atoms with Crippen molar-refractivity contribution < 1.29 is 52.0 Å². The highest BCUT2D eigenvalue weighted by molar-refractivity contribution is 7.81. The van der Waals surface area contributed by atoms with Crippen LogP contribution in [0.3, 0.4) is 0 Å². The van der Waals surface area contributed by atoms with E-state index in [9.17, 15) is 28.4 Å². The van der Waals surface area contributed by atoms with Crippen molar-refractivity contribution in [2.75, 3.05) is 82.5 Å². The molecule has 10 aliphatic heterocycles. The van der Waals surface area contributed by atoms with Crippen molar-refractivity contribution in [2.24, 2.45) is 0 Å². The predicted molar refractivity (Wildman–Crippen MR) is 566 cm³/mol. The first-order valence-electron chi connectivity index (χ1n) is 47.1. The van der Waals surface area contributed by atoms with Crippen molar-refractivity contribution in [3.05, 3.63) is 350 Å². The van der Waals surface area contributed by atoms with E-state index in [0.29, 0.717) is 95.5 Å². The summed E-state index contributed by atoms with van der Waals surface area (Å²) in [6, 6.07) is 76.9. The molecule has 0 radical (unpaired) electrons. The third-order valence-corrected chi connectivity index (χ3v) is 31.6. The molecule has 15 heterocycles. The molecule has 142 heavy (non-hydrogen) atoms. The summed E-state index contributed by atoms with van der Waals surface area (Å²) in [5, 5.41) is 9.26. The second kappa shape index (κ2) is 38.8. The summed E-state index contributed by atoms with van der Waals surface area (Å²) < 4.78 is 40.0. The zero-order valence-corrected chi connectivity index (χ0v) is 83.6. The van der Waals surface area contributed by atoms with Crippen LogP contribution in [0.2, 0.25) is 5.02 Å².